The van der Waals surface area contributed by atoms with E-state index in [2.05, 4.69) is 4.90 Å². The Hall–Kier alpha value is -3.25. The summed E-state index contributed by atoms with van der Waals surface area (Å²) in [6.07, 6.45) is 2.85. The molecule has 0 spiro atoms. The molecule has 1 aliphatic carbocycles. The minimum Gasteiger partial charge on any atom is -0.508 e. The van der Waals surface area contributed by atoms with Gasteiger partial charge in [-0.15, -0.1) is 0 Å². The Kier molecular flexibility index (Phi) is 6.82. The van der Waals surface area contributed by atoms with Crippen molar-refractivity contribution < 1.29 is 24.1 Å². The van der Waals surface area contributed by atoms with E-state index in [0.717, 1.165) is 36.4 Å². The van der Waals surface area contributed by atoms with E-state index < -0.39 is 5.82 Å². The van der Waals surface area contributed by atoms with Gasteiger partial charge in [0.25, 0.3) is 0 Å². The summed E-state index contributed by atoms with van der Waals surface area (Å²) in [5, 5.41) is 18.9. The van der Waals surface area contributed by atoms with Crippen LogP contribution in [-0.2, 0) is 0 Å². The Labute approximate surface area is 205 Å². The van der Waals surface area contributed by atoms with Crippen LogP contribution in [0.25, 0.3) is 0 Å². The van der Waals surface area contributed by atoms with Crippen molar-refractivity contribution in [1.29, 1.82) is 0 Å². The molecule has 4 atom stereocenters. The molecule has 2 unspecified atom stereocenters. The van der Waals surface area contributed by atoms with E-state index in [1.807, 2.05) is 49.4 Å². The molecular weight excluding hydrogens is 445 g/mol. The van der Waals surface area contributed by atoms with Crippen LogP contribution in [0.2, 0.25) is 0 Å². The summed E-state index contributed by atoms with van der Waals surface area (Å²) in [5.41, 5.74) is 1.39. The summed E-state index contributed by atoms with van der Waals surface area (Å²) in [5.74, 6) is 1.61. The number of halogens is 1. The number of benzene rings is 3. The number of likely N-dealkylation sites (tertiary alicyclic amines) is 1. The summed E-state index contributed by atoms with van der Waals surface area (Å²) in [6.45, 7) is 5.57. The van der Waals surface area contributed by atoms with Crippen molar-refractivity contribution in [3.63, 3.8) is 0 Å². The molecule has 184 valence electrons. The standard InChI is InChI=1S/C16H15FO3.C13H17NO/c1-9-12(10-2-4-11(18)5-3-10)8-20-14-7-6-13(19)16(17)15(9)14;1-2-4-12(5-3-1)15-9-8-14-7-6-11-10-13(11)14/h2-7,9,12,18-19H,8H2,1H3;1-5,11,13H,6-10H2/t9?,12-;11?,13-/m11/s1. The van der Waals surface area contributed by atoms with Crippen LogP contribution in [-0.4, -0.2) is 47.5 Å². The average molecular weight is 478 g/mol. The SMILES string of the molecule is CC1c2c(ccc(O)c2F)OC[C@H]1c1ccc(O)cc1.c1ccc(OCCN2CCC3C[C@H]32)cc1. The summed E-state index contributed by atoms with van der Waals surface area (Å²) in [6, 6.07) is 20.7. The van der Waals surface area contributed by atoms with Crippen LogP contribution in [0.1, 0.15) is 42.7 Å². The molecule has 1 saturated heterocycles. The number of aromatic hydroxyl groups is 2. The van der Waals surface area contributed by atoms with Gasteiger partial charge in [0, 0.05) is 24.1 Å². The quantitative estimate of drug-likeness (QED) is 0.495. The number of piperidine rings is 1. The van der Waals surface area contributed by atoms with Gasteiger partial charge in [-0.05, 0) is 73.2 Å². The molecule has 3 aliphatic rings. The average Bonchev–Trinajstić information content (AvgIpc) is 3.55. The lowest BCUT2D eigenvalue weighted by Crippen LogP contribution is -2.28. The Balaban J connectivity index is 0.000000151. The van der Waals surface area contributed by atoms with Gasteiger partial charge in [-0.25, -0.2) is 4.39 Å². The van der Waals surface area contributed by atoms with Crippen molar-refractivity contribution in [1.82, 2.24) is 4.90 Å². The van der Waals surface area contributed by atoms with Crippen molar-refractivity contribution in [3.8, 4) is 23.0 Å². The number of fused-ring (bicyclic) bond motifs is 2. The number of nitrogens with zero attached hydrogens (tertiary/aromatic N) is 1. The van der Waals surface area contributed by atoms with E-state index in [1.165, 1.54) is 25.5 Å². The Morgan fingerprint density at radius 2 is 1.80 bits per heavy atom. The first kappa shape index (κ1) is 23.5. The molecule has 3 aromatic carbocycles. The van der Waals surface area contributed by atoms with E-state index in [0.29, 0.717) is 17.9 Å². The van der Waals surface area contributed by atoms with Gasteiger partial charge in [0.2, 0.25) is 0 Å². The zero-order valence-electron chi connectivity index (χ0n) is 19.9. The Bertz CT molecular complexity index is 1140. The highest BCUT2D eigenvalue weighted by Gasteiger charge is 2.46. The van der Waals surface area contributed by atoms with Gasteiger partial charge >= 0.3 is 0 Å². The van der Waals surface area contributed by atoms with Crippen LogP contribution < -0.4 is 9.47 Å². The summed E-state index contributed by atoms with van der Waals surface area (Å²) >= 11 is 0. The topological polar surface area (TPSA) is 62.2 Å². The van der Waals surface area contributed by atoms with E-state index in [-0.39, 0.29) is 23.3 Å². The second-order valence-electron chi connectivity index (χ2n) is 9.66. The largest absolute Gasteiger partial charge is 0.508 e. The second-order valence-corrected chi connectivity index (χ2v) is 9.66. The number of hydrogen-bond donors (Lipinski definition) is 2. The third kappa shape index (κ3) is 5.22. The Morgan fingerprint density at radius 3 is 2.49 bits per heavy atom. The molecule has 0 amide bonds. The van der Waals surface area contributed by atoms with E-state index in [4.69, 9.17) is 9.47 Å². The fourth-order valence-corrected chi connectivity index (χ4v) is 5.31. The van der Waals surface area contributed by atoms with Crippen molar-refractivity contribution in [2.45, 2.75) is 37.6 Å². The maximum atomic E-state index is 14.1. The van der Waals surface area contributed by atoms with Gasteiger partial charge in [0.1, 0.15) is 23.9 Å². The predicted molar refractivity (Wildman–Crippen MR) is 133 cm³/mol. The molecular formula is C29H32FNO4. The molecule has 2 heterocycles. The molecule has 0 bridgehead atoms. The zero-order valence-corrected chi connectivity index (χ0v) is 19.9. The van der Waals surface area contributed by atoms with Crippen molar-refractivity contribution in [3.05, 3.63) is 83.7 Å². The molecule has 35 heavy (non-hydrogen) atoms. The first-order chi connectivity index (χ1) is 17.0. The fourth-order valence-electron chi connectivity index (χ4n) is 5.31. The van der Waals surface area contributed by atoms with Gasteiger partial charge in [0.05, 0.1) is 6.61 Å². The number of hydrogen-bond acceptors (Lipinski definition) is 5. The second kappa shape index (κ2) is 10.2. The maximum Gasteiger partial charge on any atom is 0.171 e. The van der Waals surface area contributed by atoms with E-state index >= 15 is 0 Å². The number of para-hydroxylation sites is 1. The van der Waals surface area contributed by atoms with E-state index in [1.54, 1.807) is 18.2 Å². The first-order valence-electron chi connectivity index (χ1n) is 12.4. The van der Waals surface area contributed by atoms with Crippen LogP contribution in [0.4, 0.5) is 4.39 Å². The highest BCUT2D eigenvalue weighted by molar-refractivity contribution is 5.47. The number of rotatable bonds is 5. The number of phenolic OH excluding ortho intramolecular Hbond substituents is 2. The number of phenols is 2. The van der Waals surface area contributed by atoms with E-state index in [9.17, 15) is 14.6 Å². The smallest absolute Gasteiger partial charge is 0.171 e. The first-order valence-corrected chi connectivity index (χ1v) is 12.4. The maximum absolute atomic E-state index is 14.1. The summed E-state index contributed by atoms with van der Waals surface area (Å²) in [4.78, 5) is 2.58. The summed E-state index contributed by atoms with van der Waals surface area (Å²) < 4.78 is 25.4. The van der Waals surface area contributed by atoms with Crippen LogP contribution in [0, 0.1) is 11.7 Å². The molecule has 1 saturated carbocycles. The summed E-state index contributed by atoms with van der Waals surface area (Å²) in [7, 11) is 0. The molecule has 2 N–H and O–H groups in total. The molecule has 6 rings (SSSR count). The molecule has 5 nitrogen and oxygen atoms in total. The van der Waals surface area contributed by atoms with Crippen molar-refractivity contribution in [2.75, 3.05) is 26.3 Å². The minimum atomic E-state index is -0.613. The molecule has 3 aromatic rings. The molecule has 2 aliphatic heterocycles. The van der Waals surface area contributed by atoms with Crippen molar-refractivity contribution in [2.24, 2.45) is 5.92 Å². The lowest BCUT2D eigenvalue weighted by Gasteiger charge is -2.32. The van der Waals surface area contributed by atoms with Crippen LogP contribution >= 0.6 is 0 Å². The normalized spacial score (nSPS) is 24.4. The van der Waals surface area contributed by atoms with Gasteiger partial charge in [-0.1, -0.05) is 37.3 Å². The monoisotopic (exact) mass is 477 g/mol. The lowest BCUT2D eigenvalue weighted by molar-refractivity contribution is 0.220. The zero-order chi connectivity index (χ0) is 24.4. The predicted octanol–water partition coefficient (Wildman–Crippen LogP) is 5.68. The number of ether oxygens (including phenoxy) is 2. The fraction of sp³-hybridized carbons (Fsp3) is 0.379. The molecule has 0 aromatic heterocycles. The Morgan fingerprint density at radius 1 is 1.03 bits per heavy atom. The molecule has 6 heteroatoms. The van der Waals surface area contributed by atoms with Gasteiger partial charge in [-0.3, -0.25) is 4.90 Å². The van der Waals surface area contributed by atoms with Crippen LogP contribution in [0.3, 0.4) is 0 Å². The van der Waals surface area contributed by atoms with Crippen LogP contribution in [0.5, 0.6) is 23.0 Å². The van der Waals surface area contributed by atoms with Gasteiger partial charge in [0.15, 0.2) is 11.6 Å². The van der Waals surface area contributed by atoms with Crippen LogP contribution in [0.15, 0.2) is 66.7 Å². The third-order valence-corrected chi connectivity index (χ3v) is 7.45. The van der Waals surface area contributed by atoms with Gasteiger partial charge < -0.3 is 19.7 Å². The minimum absolute atomic E-state index is 0.0144. The third-order valence-electron chi connectivity index (χ3n) is 7.45. The molecule has 2 fully saturated rings. The van der Waals surface area contributed by atoms with Crippen molar-refractivity contribution >= 4 is 0 Å². The van der Waals surface area contributed by atoms with Gasteiger partial charge in [-0.2, -0.15) is 0 Å². The molecule has 0 radical (unpaired) electrons. The lowest BCUT2D eigenvalue weighted by atomic mass is 9.81. The highest BCUT2D eigenvalue weighted by Crippen LogP contribution is 2.45. The highest BCUT2D eigenvalue weighted by atomic mass is 19.1.